The third-order valence-corrected chi connectivity index (χ3v) is 11.8. The fourth-order valence-electron chi connectivity index (χ4n) is 8.98. The summed E-state index contributed by atoms with van der Waals surface area (Å²) in [5.41, 5.74) is 15.9. The summed E-state index contributed by atoms with van der Waals surface area (Å²) in [6.45, 7) is 4.29. The van der Waals surface area contributed by atoms with Crippen molar-refractivity contribution < 1.29 is 0 Å². The molecule has 11 aromatic rings. The number of aryl methyl sites for hydroxylation is 2. The summed E-state index contributed by atoms with van der Waals surface area (Å²) >= 11 is 0. The van der Waals surface area contributed by atoms with E-state index in [2.05, 4.69) is 251 Å². The van der Waals surface area contributed by atoms with Gasteiger partial charge >= 0.3 is 0 Å². The summed E-state index contributed by atoms with van der Waals surface area (Å²) in [5, 5.41) is 4.87. The molecule has 0 saturated carbocycles. The van der Waals surface area contributed by atoms with E-state index in [9.17, 15) is 0 Å². The summed E-state index contributed by atoms with van der Waals surface area (Å²) in [6, 6.07) is 79.4. The van der Waals surface area contributed by atoms with E-state index in [-0.39, 0.29) is 0 Å². The van der Waals surface area contributed by atoms with Crippen molar-refractivity contribution in [1.29, 1.82) is 0 Å². The van der Waals surface area contributed by atoms with Crippen molar-refractivity contribution in [2.45, 2.75) is 13.8 Å². The van der Waals surface area contributed by atoms with Crippen molar-refractivity contribution in [3.05, 3.63) is 230 Å². The molecule has 11 rings (SSSR count). The van der Waals surface area contributed by atoms with Gasteiger partial charge < -0.3 is 18.9 Å². The van der Waals surface area contributed by atoms with Crippen LogP contribution in [0.5, 0.6) is 0 Å². The minimum Gasteiger partial charge on any atom is -0.310 e. The Bertz CT molecular complexity index is 3190. The molecule has 0 aliphatic rings. The highest BCUT2D eigenvalue weighted by molar-refractivity contribution is 6.12. The predicted molar refractivity (Wildman–Crippen MR) is 254 cm³/mol. The van der Waals surface area contributed by atoms with Crippen molar-refractivity contribution >= 4 is 77.7 Å². The molecule has 0 aliphatic carbocycles. The quantitative estimate of drug-likeness (QED) is 0.153. The van der Waals surface area contributed by atoms with Crippen molar-refractivity contribution in [3.63, 3.8) is 0 Å². The Morgan fingerprint density at radius 2 is 0.617 bits per heavy atom. The first-order valence-corrected chi connectivity index (χ1v) is 20.6. The van der Waals surface area contributed by atoms with Gasteiger partial charge in [-0.15, -0.1) is 0 Å². The molecule has 60 heavy (non-hydrogen) atoms. The van der Waals surface area contributed by atoms with Gasteiger partial charge in [-0.2, -0.15) is 0 Å². The second-order valence-corrected chi connectivity index (χ2v) is 15.6. The van der Waals surface area contributed by atoms with E-state index in [1.54, 1.807) is 0 Å². The number of fused-ring (bicyclic) bond motifs is 6. The summed E-state index contributed by atoms with van der Waals surface area (Å²) in [4.78, 5) is 4.73. The zero-order valence-corrected chi connectivity index (χ0v) is 33.6. The monoisotopic (exact) mass is 770 g/mol. The summed E-state index contributed by atoms with van der Waals surface area (Å²) in [7, 11) is 0. The van der Waals surface area contributed by atoms with Crippen LogP contribution in [0.1, 0.15) is 11.1 Å². The lowest BCUT2D eigenvalue weighted by Crippen LogP contribution is -2.12. The summed E-state index contributed by atoms with van der Waals surface area (Å²) < 4.78 is 4.89. The second-order valence-electron chi connectivity index (χ2n) is 15.6. The average Bonchev–Trinajstić information content (AvgIpc) is 3.81. The number of rotatable bonds is 8. The molecule has 0 amide bonds. The highest BCUT2D eigenvalue weighted by Gasteiger charge is 2.22. The Labute approximate surface area is 350 Å². The lowest BCUT2D eigenvalue weighted by atomic mass is 10.1. The molecule has 4 nitrogen and oxygen atoms in total. The standard InChI is InChI=1S/C56H42N4/c1-39-25-29-43(30-26-39)58(44-31-27-40(2)28-32-44)46-35-47(59-53-22-12-9-19-49(53)50-20-10-13-23-54(50)59)37-48(36-46)60-55-24-14-11-21-51(55)52-38-45(33-34-56(52)60)57(41-15-5-3-6-16-41)42-17-7-4-8-18-42/h3-38H,1-2H3. The number of nitrogens with zero attached hydrogens (tertiary/aromatic N) is 4. The van der Waals surface area contributed by atoms with Crippen LogP contribution in [0.4, 0.5) is 34.1 Å². The van der Waals surface area contributed by atoms with Crippen LogP contribution in [0.3, 0.4) is 0 Å². The van der Waals surface area contributed by atoms with Crippen LogP contribution in [0.25, 0.3) is 55.0 Å². The minimum absolute atomic E-state index is 1.07. The van der Waals surface area contributed by atoms with Crippen LogP contribution in [-0.4, -0.2) is 9.13 Å². The van der Waals surface area contributed by atoms with Gasteiger partial charge in [0.25, 0.3) is 0 Å². The van der Waals surface area contributed by atoms with Crippen molar-refractivity contribution in [2.75, 3.05) is 9.80 Å². The molecule has 286 valence electrons. The van der Waals surface area contributed by atoms with Gasteiger partial charge in [-0.05, 0) is 117 Å². The van der Waals surface area contributed by atoms with E-state index in [1.807, 2.05) is 0 Å². The zero-order chi connectivity index (χ0) is 40.2. The van der Waals surface area contributed by atoms with E-state index in [1.165, 1.54) is 43.7 Å². The highest BCUT2D eigenvalue weighted by Crippen LogP contribution is 2.43. The topological polar surface area (TPSA) is 16.3 Å². The van der Waals surface area contributed by atoms with Crippen molar-refractivity contribution in [2.24, 2.45) is 0 Å². The molecule has 0 aliphatic heterocycles. The van der Waals surface area contributed by atoms with E-state index in [0.29, 0.717) is 0 Å². The SMILES string of the molecule is Cc1ccc(N(c2ccc(C)cc2)c2cc(-n3c4ccccc4c4ccccc43)cc(-n3c4ccccc4c4cc(N(c5ccccc5)c5ccccc5)ccc43)c2)cc1. The minimum atomic E-state index is 1.07. The van der Waals surface area contributed by atoms with Gasteiger partial charge in [0.15, 0.2) is 0 Å². The zero-order valence-electron chi connectivity index (χ0n) is 33.6. The third-order valence-electron chi connectivity index (χ3n) is 11.8. The fourth-order valence-corrected chi connectivity index (χ4v) is 8.98. The van der Waals surface area contributed by atoms with Gasteiger partial charge in [-0.3, -0.25) is 0 Å². The Morgan fingerprint density at radius 1 is 0.267 bits per heavy atom. The Balaban J connectivity index is 1.20. The molecule has 2 aromatic heterocycles. The van der Waals surface area contributed by atoms with Crippen LogP contribution in [-0.2, 0) is 0 Å². The lowest BCUT2D eigenvalue weighted by Gasteiger charge is -2.27. The Hall–Kier alpha value is -7.82. The third kappa shape index (κ3) is 6.00. The van der Waals surface area contributed by atoms with E-state index >= 15 is 0 Å². The number of hydrogen-bond donors (Lipinski definition) is 0. The number of aromatic nitrogens is 2. The molecule has 0 N–H and O–H groups in total. The molecule has 0 fully saturated rings. The van der Waals surface area contributed by atoms with Gasteiger partial charge in [0.05, 0.1) is 39.1 Å². The first-order chi connectivity index (χ1) is 29.6. The smallest absolute Gasteiger partial charge is 0.0542 e. The highest BCUT2D eigenvalue weighted by atomic mass is 15.2. The van der Waals surface area contributed by atoms with E-state index < -0.39 is 0 Å². The maximum atomic E-state index is 2.45. The van der Waals surface area contributed by atoms with Gasteiger partial charge in [0, 0.05) is 50.0 Å². The molecule has 0 unspecified atom stereocenters. The van der Waals surface area contributed by atoms with Crippen LogP contribution < -0.4 is 9.80 Å². The molecular weight excluding hydrogens is 729 g/mol. The van der Waals surface area contributed by atoms with Gasteiger partial charge in [-0.25, -0.2) is 0 Å². The van der Waals surface area contributed by atoms with Crippen molar-refractivity contribution in [1.82, 2.24) is 9.13 Å². The second kappa shape index (κ2) is 14.5. The Morgan fingerprint density at radius 3 is 1.08 bits per heavy atom. The van der Waals surface area contributed by atoms with E-state index in [4.69, 9.17) is 0 Å². The first-order valence-electron chi connectivity index (χ1n) is 20.6. The van der Waals surface area contributed by atoms with Crippen molar-refractivity contribution in [3.8, 4) is 11.4 Å². The molecular formula is C56H42N4. The van der Waals surface area contributed by atoms with Crippen LogP contribution in [0, 0.1) is 13.8 Å². The van der Waals surface area contributed by atoms with Gasteiger partial charge in [0.1, 0.15) is 0 Å². The molecule has 9 aromatic carbocycles. The normalized spacial score (nSPS) is 11.5. The maximum absolute atomic E-state index is 2.45. The van der Waals surface area contributed by atoms with Gasteiger partial charge in [-0.1, -0.05) is 126 Å². The lowest BCUT2D eigenvalue weighted by molar-refractivity contribution is 1.12. The molecule has 4 heteroatoms. The number of para-hydroxylation sites is 5. The first kappa shape index (κ1) is 35.4. The van der Waals surface area contributed by atoms with E-state index in [0.717, 1.165) is 56.5 Å². The average molecular weight is 771 g/mol. The predicted octanol–water partition coefficient (Wildman–Crippen LogP) is 15.4. The van der Waals surface area contributed by atoms with Gasteiger partial charge in [0.2, 0.25) is 0 Å². The molecule has 0 spiro atoms. The number of anilines is 6. The van der Waals surface area contributed by atoms with Crippen LogP contribution in [0.15, 0.2) is 218 Å². The number of benzene rings is 9. The molecule has 0 saturated heterocycles. The molecule has 2 heterocycles. The summed E-state index contributed by atoms with van der Waals surface area (Å²) in [6.07, 6.45) is 0. The number of hydrogen-bond acceptors (Lipinski definition) is 2. The molecule has 0 bridgehead atoms. The largest absolute Gasteiger partial charge is 0.310 e. The molecule has 0 atom stereocenters. The fraction of sp³-hybridized carbons (Fsp3) is 0.0357. The maximum Gasteiger partial charge on any atom is 0.0542 e. The summed E-state index contributed by atoms with van der Waals surface area (Å²) in [5.74, 6) is 0. The molecule has 0 radical (unpaired) electrons. The van der Waals surface area contributed by atoms with Crippen LogP contribution >= 0.6 is 0 Å². The Kier molecular flexibility index (Phi) is 8.56. The van der Waals surface area contributed by atoms with Crippen LogP contribution in [0.2, 0.25) is 0 Å².